The van der Waals surface area contributed by atoms with Crippen molar-refractivity contribution in [2.24, 2.45) is 0 Å². The van der Waals surface area contributed by atoms with Crippen LogP contribution in [0.2, 0.25) is 0 Å². The fourth-order valence-corrected chi connectivity index (χ4v) is 2.19. The van der Waals surface area contributed by atoms with Crippen molar-refractivity contribution in [3.63, 3.8) is 0 Å². The Morgan fingerprint density at radius 3 is 2.73 bits per heavy atom. The molecule has 0 fully saturated rings. The number of carbonyl (C=O) groups is 1. The number of nitrogens with zero attached hydrogens (tertiary/aromatic N) is 1. The van der Waals surface area contributed by atoms with Crippen LogP contribution in [0.25, 0.3) is 6.08 Å². The Kier molecular flexibility index (Phi) is 5.06. The van der Waals surface area contributed by atoms with E-state index in [4.69, 9.17) is 4.74 Å². The van der Waals surface area contributed by atoms with Crippen LogP contribution in [0.1, 0.15) is 21.5 Å². The average molecular weight is 362 g/mol. The molecule has 2 aromatic carbocycles. The number of ether oxygens (including phenoxy) is 1. The Bertz CT molecular complexity index is 756. The third-order valence-corrected chi connectivity index (χ3v) is 3.30. The second kappa shape index (κ2) is 7.00. The van der Waals surface area contributed by atoms with E-state index < -0.39 is 10.9 Å². The standard InChI is InChI=1S/C16H12BrNO4/c1-11-3-2-4-13(9-11)16(19)22-15-6-5-14(17)10-12(15)7-8-18(20)21/h2-10H,1H3/b8-7+. The Labute approximate surface area is 135 Å². The summed E-state index contributed by atoms with van der Waals surface area (Å²) in [6.45, 7) is 1.88. The molecule has 2 rings (SSSR count). The number of aryl methyl sites for hydroxylation is 1. The largest absolute Gasteiger partial charge is 0.422 e. The zero-order valence-electron chi connectivity index (χ0n) is 11.7. The molecule has 0 N–H and O–H groups in total. The van der Waals surface area contributed by atoms with Gasteiger partial charge in [0.1, 0.15) is 5.75 Å². The molecule has 2 aromatic rings. The van der Waals surface area contributed by atoms with Crippen molar-refractivity contribution in [1.82, 2.24) is 0 Å². The second-order valence-corrected chi connectivity index (χ2v) is 5.46. The minimum absolute atomic E-state index is 0.257. The molecule has 6 heteroatoms. The van der Waals surface area contributed by atoms with Gasteiger partial charge in [0.15, 0.2) is 0 Å². The first kappa shape index (κ1) is 15.9. The molecule has 0 radical (unpaired) electrons. The first-order valence-corrected chi connectivity index (χ1v) is 7.15. The number of hydrogen-bond donors (Lipinski definition) is 0. The summed E-state index contributed by atoms with van der Waals surface area (Å²) in [5.74, 6) is -0.255. The maximum Gasteiger partial charge on any atom is 0.343 e. The smallest absolute Gasteiger partial charge is 0.343 e. The van der Waals surface area contributed by atoms with Crippen LogP contribution in [0, 0.1) is 17.0 Å². The zero-order valence-corrected chi connectivity index (χ0v) is 13.2. The molecule has 0 saturated heterocycles. The van der Waals surface area contributed by atoms with E-state index in [-0.39, 0.29) is 5.75 Å². The molecule has 0 saturated carbocycles. The van der Waals surface area contributed by atoms with Crippen LogP contribution in [0.5, 0.6) is 5.75 Å². The van der Waals surface area contributed by atoms with Gasteiger partial charge in [-0.05, 0) is 37.3 Å². The van der Waals surface area contributed by atoms with Crippen LogP contribution in [-0.2, 0) is 0 Å². The van der Waals surface area contributed by atoms with Crippen LogP contribution in [-0.4, -0.2) is 10.9 Å². The Morgan fingerprint density at radius 1 is 1.27 bits per heavy atom. The molecular formula is C16H12BrNO4. The third-order valence-electron chi connectivity index (χ3n) is 2.80. The van der Waals surface area contributed by atoms with Gasteiger partial charge in [0, 0.05) is 16.1 Å². The molecule has 0 atom stereocenters. The summed E-state index contributed by atoms with van der Waals surface area (Å²) >= 11 is 3.28. The molecule has 5 nitrogen and oxygen atoms in total. The van der Waals surface area contributed by atoms with Crippen molar-refractivity contribution >= 4 is 28.0 Å². The monoisotopic (exact) mass is 361 g/mol. The Hall–Kier alpha value is -2.47. The summed E-state index contributed by atoms with van der Waals surface area (Å²) in [6, 6.07) is 11.9. The van der Waals surface area contributed by atoms with Crippen LogP contribution in [0.15, 0.2) is 53.1 Å². The molecule has 0 aromatic heterocycles. The van der Waals surface area contributed by atoms with E-state index in [2.05, 4.69) is 15.9 Å². The van der Waals surface area contributed by atoms with E-state index in [1.807, 2.05) is 13.0 Å². The lowest BCUT2D eigenvalue weighted by Gasteiger charge is -2.08. The Morgan fingerprint density at radius 2 is 2.05 bits per heavy atom. The van der Waals surface area contributed by atoms with Gasteiger partial charge >= 0.3 is 5.97 Å². The number of halogens is 1. The number of benzene rings is 2. The van der Waals surface area contributed by atoms with Crippen molar-refractivity contribution in [3.8, 4) is 5.75 Å². The maximum atomic E-state index is 12.1. The molecule has 112 valence electrons. The second-order valence-electron chi connectivity index (χ2n) is 4.54. The highest BCUT2D eigenvalue weighted by atomic mass is 79.9. The van der Waals surface area contributed by atoms with Crippen molar-refractivity contribution < 1.29 is 14.5 Å². The third kappa shape index (κ3) is 4.26. The van der Waals surface area contributed by atoms with Gasteiger partial charge in [0.2, 0.25) is 6.20 Å². The van der Waals surface area contributed by atoms with Gasteiger partial charge in [-0.25, -0.2) is 4.79 Å². The summed E-state index contributed by atoms with van der Waals surface area (Å²) < 4.78 is 6.07. The van der Waals surface area contributed by atoms with E-state index in [1.54, 1.807) is 36.4 Å². The predicted molar refractivity (Wildman–Crippen MR) is 86.3 cm³/mol. The van der Waals surface area contributed by atoms with Crippen LogP contribution >= 0.6 is 15.9 Å². The topological polar surface area (TPSA) is 69.4 Å². The van der Waals surface area contributed by atoms with E-state index in [0.717, 1.165) is 16.2 Å². The van der Waals surface area contributed by atoms with Crippen LogP contribution in [0.3, 0.4) is 0 Å². The molecule has 0 unspecified atom stereocenters. The summed E-state index contributed by atoms with van der Waals surface area (Å²) in [5.41, 5.74) is 1.80. The highest BCUT2D eigenvalue weighted by Gasteiger charge is 2.11. The molecule has 0 amide bonds. The minimum Gasteiger partial charge on any atom is -0.422 e. The lowest BCUT2D eigenvalue weighted by molar-refractivity contribution is -0.400. The molecule has 0 aliphatic heterocycles. The van der Waals surface area contributed by atoms with Gasteiger partial charge < -0.3 is 4.74 Å². The van der Waals surface area contributed by atoms with Crippen LogP contribution < -0.4 is 4.74 Å². The zero-order chi connectivity index (χ0) is 16.1. The van der Waals surface area contributed by atoms with Gasteiger partial charge in [-0.15, -0.1) is 0 Å². The van der Waals surface area contributed by atoms with Crippen molar-refractivity contribution in [1.29, 1.82) is 0 Å². The molecule has 0 bridgehead atoms. The van der Waals surface area contributed by atoms with E-state index >= 15 is 0 Å². The number of rotatable bonds is 4. The average Bonchev–Trinajstić information content (AvgIpc) is 2.47. The number of nitro groups is 1. The first-order valence-electron chi connectivity index (χ1n) is 6.36. The SMILES string of the molecule is Cc1cccc(C(=O)Oc2ccc(Br)cc2/C=C/[N+](=O)[O-])c1. The lowest BCUT2D eigenvalue weighted by atomic mass is 10.1. The number of carbonyl (C=O) groups excluding carboxylic acids is 1. The molecule has 0 aliphatic carbocycles. The Balaban J connectivity index is 2.29. The van der Waals surface area contributed by atoms with Gasteiger partial charge in [0.25, 0.3) is 0 Å². The number of hydrogen-bond acceptors (Lipinski definition) is 4. The minimum atomic E-state index is -0.576. The summed E-state index contributed by atoms with van der Waals surface area (Å²) in [4.78, 5) is 22.0. The first-order chi connectivity index (χ1) is 10.5. The molecular weight excluding hydrogens is 350 g/mol. The molecule has 22 heavy (non-hydrogen) atoms. The van der Waals surface area contributed by atoms with E-state index in [0.29, 0.717) is 11.1 Å². The van der Waals surface area contributed by atoms with Gasteiger partial charge in [-0.3, -0.25) is 10.1 Å². The highest BCUT2D eigenvalue weighted by molar-refractivity contribution is 9.10. The van der Waals surface area contributed by atoms with Crippen molar-refractivity contribution in [3.05, 3.63) is 79.9 Å². The maximum absolute atomic E-state index is 12.1. The highest BCUT2D eigenvalue weighted by Crippen LogP contribution is 2.25. The van der Waals surface area contributed by atoms with Crippen molar-refractivity contribution in [2.45, 2.75) is 6.92 Å². The fourth-order valence-electron chi connectivity index (χ4n) is 1.81. The van der Waals surface area contributed by atoms with Gasteiger partial charge in [0.05, 0.1) is 10.5 Å². The lowest BCUT2D eigenvalue weighted by Crippen LogP contribution is -2.09. The van der Waals surface area contributed by atoms with E-state index in [9.17, 15) is 14.9 Å². The number of esters is 1. The van der Waals surface area contributed by atoms with Crippen LogP contribution in [0.4, 0.5) is 0 Å². The molecule has 0 heterocycles. The molecule has 0 aliphatic rings. The van der Waals surface area contributed by atoms with Gasteiger partial charge in [-0.1, -0.05) is 33.6 Å². The van der Waals surface area contributed by atoms with Gasteiger partial charge in [-0.2, -0.15) is 0 Å². The van der Waals surface area contributed by atoms with Crippen molar-refractivity contribution in [2.75, 3.05) is 0 Å². The summed E-state index contributed by atoms with van der Waals surface area (Å²) in [7, 11) is 0. The predicted octanol–water partition coefficient (Wildman–Crippen LogP) is 4.22. The summed E-state index contributed by atoms with van der Waals surface area (Å²) in [5, 5.41) is 10.4. The normalized spacial score (nSPS) is 10.6. The molecule has 0 spiro atoms. The quantitative estimate of drug-likeness (QED) is 0.353. The fraction of sp³-hybridized carbons (Fsp3) is 0.0625. The summed E-state index contributed by atoms with van der Waals surface area (Å²) in [6.07, 6.45) is 2.08. The van der Waals surface area contributed by atoms with E-state index in [1.165, 1.54) is 6.08 Å².